The fourth-order valence-corrected chi connectivity index (χ4v) is 3.87. The first-order valence-corrected chi connectivity index (χ1v) is 11.1. The molecule has 4 aromatic rings. The zero-order chi connectivity index (χ0) is 20.9. The number of aromatic nitrogens is 4. The Kier molecular flexibility index (Phi) is 6.45. The Hall–Kier alpha value is -2.70. The molecule has 152 valence electrons. The molecule has 0 saturated heterocycles. The van der Waals surface area contributed by atoms with Gasteiger partial charge in [0.25, 0.3) is 0 Å². The predicted molar refractivity (Wildman–Crippen MR) is 120 cm³/mol. The quantitative estimate of drug-likeness (QED) is 0.315. The number of benzene rings is 2. The summed E-state index contributed by atoms with van der Waals surface area (Å²) in [5.74, 6) is 2.22. The summed E-state index contributed by atoms with van der Waals surface area (Å²) in [5.41, 5.74) is 4.09. The van der Waals surface area contributed by atoms with E-state index in [0.29, 0.717) is 28.4 Å². The van der Waals surface area contributed by atoms with Crippen molar-refractivity contribution < 1.29 is 4.52 Å². The van der Waals surface area contributed by atoms with Crippen LogP contribution in [0.15, 0.2) is 70.2 Å². The van der Waals surface area contributed by atoms with Crippen LogP contribution in [0.2, 0.25) is 5.02 Å². The van der Waals surface area contributed by atoms with Crippen LogP contribution in [0.5, 0.6) is 0 Å². The maximum Gasteiger partial charge on any atom is 0.237 e. The third-order valence-corrected chi connectivity index (χ3v) is 5.57. The second kappa shape index (κ2) is 9.41. The average molecular weight is 437 g/mol. The summed E-state index contributed by atoms with van der Waals surface area (Å²) in [6, 6.07) is 19.8. The summed E-state index contributed by atoms with van der Waals surface area (Å²) in [4.78, 5) is 4.42. The molecule has 5 nitrogen and oxygen atoms in total. The maximum absolute atomic E-state index is 6.02. The van der Waals surface area contributed by atoms with Gasteiger partial charge in [-0.25, -0.2) is 0 Å². The Labute approximate surface area is 184 Å². The van der Waals surface area contributed by atoms with Crippen molar-refractivity contribution in [3.8, 4) is 22.6 Å². The topological polar surface area (TPSA) is 64.7 Å². The van der Waals surface area contributed by atoms with E-state index in [-0.39, 0.29) is 0 Å². The molecule has 0 fully saturated rings. The lowest BCUT2D eigenvalue weighted by Gasteiger charge is -2.06. The van der Waals surface area contributed by atoms with Crippen molar-refractivity contribution in [2.24, 2.45) is 5.92 Å². The molecular formula is C23H21ClN4OS. The largest absolute Gasteiger partial charge is 0.338 e. The van der Waals surface area contributed by atoms with Gasteiger partial charge in [0, 0.05) is 16.1 Å². The minimum atomic E-state index is 0.519. The SMILES string of the molecule is CC(C)Cc1ccc(-c2ccc(SCc3nc(-c4cccc(Cl)c4)no3)nn2)cc1. The van der Waals surface area contributed by atoms with E-state index in [0.717, 1.165) is 28.3 Å². The maximum atomic E-state index is 6.02. The zero-order valence-corrected chi connectivity index (χ0v) is 18.3. The van der Waals surface area contributed by atoms with Crippen molar-refractivity contribution in [2.75, 3.05) is 0 Å². The van der Waals surface area contributed by atoms with Gasteiger partial charge in [-0.1, -0.05) is 78.8 Å². The highest BCUT2D eigenvalue weighted by Gasteiger charge is 2.10. The number of hydrogen-bond donors (Lipinski definition) is 0. The lowest BCUT2D eigenvalue weighted by Crippen LogP contribution is -1.94. The first-order chi connectivity index (χ1) is 14.6. The molecule has 2 heterocycles. The van der Waals surface area contributed by atoms with Crippen molar-refractivity contribution in [2.45, 2.75) is 31.0 Å². The second-order valence-corrected chi connectivity index (χ2v) is 8.79. The van der Waals surface area contributed by atoms with Crippen molar-refractivity contribution >= 4 is 23.4 Å². The van der Waals surface area contributed by atoms with E-state index in [1.807, 2.05) is 36.4 Å². The molecule has 2 aromatic carbocycles. The van der Waals surface area contributed by atoms with Crippen LogP contribution in [0, 0.1) is 5.92 Å². The molecule has 0 aliphatic carbocycles. The molecular weight excluding hydrogens is 416 g/mol. The Morgan fingerprint density at radius 1 is 0.967 bits per heavy atom. The van der Waals surface area contributed by atoms with E-state index in [2.05, 4.69) is 58.5 Å². The Balaban J connectivity index is 1.37. The van der Waals surface area contributed by atoms with Gasteiger partial charge in [0.1, 0.15) is 5.03 Å². The number of thioether (sulfide) groups is 1. The van der Waals surface area contributed by atoms with Gasteiger partial charge < -0.3 is 4.52 Å². The van der Waals surface area contributed by atoms with Gasteiger partial charge in [0.2, 0.25) is 11.7 Å². The van der Waals surface area contributed by atoms with Crippen LogP contribution in [-0.2, 0) is 12.2 Å². The summed E-state index contributed by atoms with van der Waals surface area (Å²) in [6.07, 6.45) is 1.08. The molecule has 0 saturated carbocycles. The van der Waals surface area contributed by atoms with Crippen LogP contribution in [0.25, 0.3) is 22.6 Å². The number of hydrogen-bond acceptors (Lipinski definition) is 6. The Morgan fingerprint density at radius 3 is 2.50 bits per heavy atom. The first kappa shape index (κ1) is 20.6. The van der Waals surface area contributed by atoms with E-state index in [4.69, 9.17) is 16.1 Å². The molecule has 0 bridgehead atoms. The molecule has 0 aliphatic rings. The molecule has 0 amide bonds. The average Bonchev–Trinajstić information content (AvgIpc) is 3.22. The van der Waals surface area contributed by atoms with Crippen molar-refractivity contribution in [1.29, 1.82) is 0 Å². The Bertz CT molecular complexity index is 1110. The van der Waals surface area contributed by atoms with Crippen molar-refractivity contribution in [3.63, 3.8) is 0 Å². The number of nitrogens with zero attached hydrogens (tertiary/aromatic N) is 4. The van der Waals surface area contributed by atoms with Crippen molar-refractivity contribution in [3.05, 3.63) is 77.1 Å². The number of halogens is 1. The van der Waals surface area contributed by atoms with Gasteiger partial charge in [-0.2, -0.15) is 4.98 Å². The standard InChI is InChI=1S/C23H21ClN4OS/c1-15(2)12-16-6-8-17(9-7-16)20-10-11-22(27-26-20)30-14-21-25-23(28-29-21)18-4-3-5-19(24)13-18/h3-11,13,15H,12,14H2,1-2H3. The molecule has 7 heteroatoms. The Morgan fingerprint density at radius 2 is 1.80 bits per heavy atom. The van der Waals surface area contributed by atoms with Crippen LogP contribution in [0.1, 0.15) is 25.3 Å². The van der Waals surface area contributed by atoms with Gasteiger partial charge in [0.15, 0.2) is 0 Å². The summed E-state index contributed by atoms with van der Waals surface area (Å²) in [7, 11) is 0. The van der Waals surface area contributed by atoms with Crippen molar-refractivity contribution in [1.82, 2.24) is 20.3 Å². The minimum absolute atomic E-state index is 0.519. The van der Waals surface area contributed by atoms with E-state index in [1.54, 1.807) is 0 Å². The highest BCUT2D eigenvalue weighted by atomic mass is 35.5. The van der Waals surface area contributed by atoms with Gasteiger partial charge >= 0.3 is 0 Å². The van der Waals surface area contributed by atoms with Crippen LogP contribution >= 0.6 is 23.4 Å². The van der Waals surface area contributed by atoms with Crippen LogP contribution in [0.4, 0.5) is 0 Å². The lowest BCUT2D eigenvalue weighted by molar-refractivity contribution is 0.391. The van der Waals surface area contributed by atoms with Crippen LogP contribution in [0.3, 0.4) is 0 Å². The molecule has 2 aromatic heterocycles. The summed E-state index contributed by atoms with van der Waals surface area (Å²) in [6.45, 7) is 4.45. The van der Waals surface area contributed by atoms with E-state index in [1.165, 1.54) is 17.3 Å². The molecule has 30 heavy (non-hydrogen) atoms. The smallest absolute Gasteiger partial charge is 0.237 e. The molecule has 0 aliphatic heterocycles. The lowest BCUT2D eigenvalue weighted by atomic mass is 10.0. The van der Waals surface area contributed by atoms with E-state index >= 15 is 0 Å². The monoisotopic (exact) mass is 436 g/mol. The highest BCUT2D eigenvalue weighted by Crippen LogP contribution is 2.25. The molecule has 4 rings (SSSR count). The number of rotatable bonds is 7. The predicted octanol–water partition coefficient (Wildman–Crippen LogP) is 6.34. The molecule has 0 radical (unpaired) electrons. The van der Waals surface area contributed by atoms with Crippen LogP contribution < -0.4 is 0 Å². The molecule has 0 spiro atoms. The minimum Gasteiger partial charge on any atom is -0.338 e. The molecule has 0 atom stereocenters. The second-order valence-electron chi connectivity index (χ2n) is 7.36. The summed E-state index contributed by atoms with van der Waals surface area (Å²) < 4.78 is 5.34. The van der Waals surface area contributed by atoms with Gasteiger partial charge in [-0.05, 0) is 42.2 Å². The molecule has 0 unspecified atom stereocenters. The van der Waals surface area contributed by atoms with Crippen LogP contribution in [-0.4, -0.2) is 20.3 Å². The normalized spacial score (nSPS) is 11.2. The van der Waals surface area contributed by atoms with E-state index in [9.17, 15) is 0 Å². The third kappa shape index (κ3) is 5.26. The highest BCUT2D eigenvalue weighted by molar-refractivity contribution is 7.98. The molecule has 0 N–H and O–H groups in total. The third-order valence-electron chi connectivity index (χ3n) is 4.43. The van der Waals surface area contributed by atoms with Gasteiger partial charge in [-0.15, -0.1) is 10.2 Å². The van der Waals surface area contributed by atoms with Gasteiger partial charge in [0.05, 0.1) is 11.4 Å². The van der Waals surface area contributed by atoms with Gasteiger partial charge in [-0.3, -0.25) is 0 Å². The van der Waals surface area contributed by atoms with E-state index < -0.39 is 0 Å². The summed E-state index contributed by atoms with van der Waals surface area (Å²) >= 11 is 7.52. The zero-order valence-electron chi connectivity index (χ0n) is 16.7. The fraction of sp³-hybridized carbons (Fsp3) is 0.217. The fourth-order valence-electron chi connectivity index (χ4n) is 3.03. The first-order valence-electron chi connectivity index (χ1n) is 9.71. The summed E-state index contributed by atoms with van der Waals surface area (Å²) in [5, 5.41) is 14.2.